The number of nitro benzene ring substituents is 1. The number of nitrogens with one attached hydrogen (secondary N) is 1. The number of nitro groups is 1. The predicted molar refractivity (Wildman–Crippen MR) is 123 cm³/mol. The molecule has 0 radical (unpaired) electrons. The highest BCUT2D eigenvalue weighted by atomic mass is 16.6. The molecule has 0 aliphatic carbocycles. The molecule has 32 heavy (non-hydrogen) atoms. The van der Waals surface area contributed by atoms with E-state index in [2.05, 4.69) is 10.2 Å². The lowest BCUT2D eigenvalue weighted by molar-refractivity contribution is -0.383. The van der Waals surface area contributed by atoms with Crippen molar-refractivity contribution in [1.82, 2.24) is 4.57 Å². The number of fused-ring (bicyclic) bond motifs is 1. The van der Waals surface area contributed by atoms with Gasteiger partial charge in [-0.2, -0.15) is 0 Å². The summed E-state index contributed by atoms with van der Waals surface area (Å²) in [5.41, 5.74) is 3.64. The summed E-state index contributed by atoms with van der Waals surface area (Å²) in [7, 11) is 1.86. The van der Waals surface area contributed by atoms with Gasteiger partial charge in [-0.1, -0.05) is 18.2 Å². The first-order valence-corrected chi connectivity index (χ1v) is 10.5. The number of aromatic nitrogens is 1. The minimum Gasteiger partial charge on any atom is -0.480 e. The van der Waals surface area contributed by atoms with Crippen LogP contribution in [0.15, 0.2) is 42.5 Å². The van der Waals surface area contributed by atoms with Gasteiger partial charge < -0.3 is 24.6 Å². The van der Waals surface area contributed by atoms with Gasteiger partial charge in [0.2, 0.25) is 0 Å². The van der Waals surface area contributed by atoms with Crippen LogP contribution in [0.3, 0.4) is 0 Å². The number of aliphatic carboxylic acids is 1. The Kier molecular flexibility index (Phi) is 6.00. The number of para-hydroxylation sites is 1. The topological polar surface area (TPSA) is 110 Å². The van der Waals surface area contributed by atoms with Crippen molar-refractivity contribution >= 4 is 33.9 Å². The largest absolute Gasteiger partial charge is 0.480 e. The molecule has 0 bridgehead atoms. The molecule has 1 fully saturated rings. The highest BCUT2D eigenvalue weighted by Gasteiger charge is 2.28. The molecule has 2 N–H and O–H groups in total. The number of nitrogens with zero attached hydrogens (tertiary/aromatic N) is 3. The van der Waals surface area contributed by atoms with Crippen LogP contribution in [-0.4, -0.2) is 52.9 Å². The number of rotatable bonds is 7. The quantitative estimate of drug-likeness (QED) is 0.430. The number of non-ortho nitro benzene ring substituents is 1. The normalized spacial score (nSPS) is 15.0. The molecule has 1 aromatic heterocycles. The molecule has 1 unspecified atom stereocenters. The zero-order valence-electron chi connectivity index (χ0n) is 18.1. The van der Waals surface area contributed by atoms with Crippen molar-refractivity contribution in [2.24, 2.45) is 7.05 Å². The number of morpholine rings is 1. The second-order valence-electron chi connectivity index (χ2n) is 7.94. The van der Waals surface area contributed by atoms with Crippen molar-refractivity contribution in [2.75, 3.05) is 36.5 Å². The second kappa shape index (κ2) is 8.88. The van der Waals surface area contributed by atoms with Crippen molar-refractivity contribution in [3.8, 4) is 0 Å². The van der Waals surface area contributed by atoms with Crippen molar-refractivity contribution in [3.63, 3.8) is 0 Å². The maximum absolute atomic E-state index is 12.1. The molecule has 0 spiro atoms. The molecule has 0 amide bonds. The average molecular weight is 438 g/mol. The van der Waals surface area contributed by atoms with Crippen LogP contribution in [0.2, 0.25) is 0 Å². The number of anilines is 2. The van der Waals surface area contributed by atoms with Crippen LogP contribution in [0.5, 0.6) is 0 Å². The summed E-state index contributed by atoms with van der Waals surface area (Å²) < 4.78 is 7.31. The Bertz CT molecular complexity index is 1150. The molecule has 1 aliphatic heterocycles. The van der Waals surface area contributed by atoms with Gasteiger partial charge in [0.1, 0.15) is 6.04 Å². The Morgan fingerprint density at radius 1 is 1.25 bits per heavy atom. The predicted octanol–water partition coefficient (Wildman–Crippen LogP) is 3.34. The highest BCUT2D eigenvalue weighted by molar-refractivity contribution is 5.97. The van der Waals surface area contributed by atoms with Crippen molar-refractivity contribution < 1.29 is 19.6 Å². The number of benzene rings is 2. The second-order valence-corrected chi connectivity index (χ2v) is 7.94. The summed E-state index contributed by atoms with van der Waals surface area (Å²) in [6.07, 6.45) is 0.116. The van der Waals surface area contributed by atoms with E-state index in [0.717, 1.165) is 16.9 Å². The van der Waals surface area contributed by atoms with Crippen molar-refractivity contribution in [2.45, 2.75) is 19.4 Å². The lowest BCUT2D eigenvalue weighted by Crippen LogP contribution is -2.36. The first-order valence-electron chi connectivity index (χ1n) is 10.5. The number of carbonyl (C=O) groups is 1. The van der Waals surface area contributed by atoms with E-state index in [1.165, 1.54) is 0 Å². The summed E-state index contributed by atoms with van der Waals surface area (Å²) in [5.74, 6) is -1.02. The number of carboxylic acids is 1. The molecule has 2 aromatic carbocycles. The molecular weight excluding hydrogens is 412 g/mol. The molecule has 0 saturated carbocycles. The third-order valence-electron chi connectivity index (χ3n) is 6.08. The lowest BCUT2D eigenvalue weighted by Gasteiger charge is -2.28. The highest BCUT2D eigenvalue weighted by Crippen LogP contribution is 2.38. The van der Waals surface area contributed by atoms with Crippen LogP contribution in [0.25, 0.3) is 10.9 Å². The van der Waals surface area contributed by atoms with E-state index >= 15 is 0 Å². The van der Waals surface area contributed by atoms with Gasteiger partial charge in [0.15, 0.2) is 0 Å². The van der Waals surface area contributed by atoms with Gasteiger partial charge >= 0.3 is 5.97 Å². The minimum absolute atomic E-state index is 0.00783. The van der Waals surface area contributed by atoms with E-state index in [9.17, 15) is 20.0 Å². The van der Waals surface area contributed by atoms with E-state index in [-0.39, 0.29) is 17.0 Å². The molecular formula is C23H26N4O5. The number of aryl methyl sites for hydroxylation is 1. The third-order valence-corrected chi connectivity index (χ3v) is 6.08. The Hall–Kier alpha value is -3.59. The van der Waals surface area contributed by atoms with Gasteiger partial charge in [-0.25, -0.2) is 4.79 Å². The molecule has 2 heterocycles. The number of hydrogen-bond donors (Lipinski definition) is 2. The van der Waals surface area contributed by atoms with Gasteiger partial charge in [0, 0.05) is 49.7 Å². The van der Waals surface area contributed by atoms with Crippen LogP contribution in [-0.2, 0) is 23.0 Å². The Labute approximate surface area is 185 Å². The fourth-order valence-electron chi connectivity index (χ4n) is 4.27. The number of ether oxygens (including phenoxy) is 1. The molecule has 4 rings (SSSR count). The smallest absolute Gasteiger partial charge is 0.326 e. The molecule has 9 nitrogen and oxygen atoms in total. The average Bonchev–Trinajstić information content (AvgIpc) is 3.04. The van der Waals surface area contributed by atoms with E-state index in [1.54, 1.807) is 18.2 Å². The maximum atomic E-state index is 12.1. The Balaban J connectivity index is 1.79. The molecule has 1 saturated heterocycles. The van der Waals surface area contributed by atoms with Crippen molar-refractivity contribution in [1.29, 1.82) is 0 Å². The van der Waals surface area contributed by atoms with Gasteiger partial charge in [-0.3, -0.25) is 10.1 Å². The monoisotopic (exact) mass is 438 g/mol. The standard InChI is InChI=1S/C23H26N4O5/c1-15-18(14-19(23(28)29)24-16-6-4-3-5-7-16)22-20(25(15)2)12-17(13-21(22)27(30)31)26-8-10-32-11-9-26/h3-7,12-13,19,24H,8-11,14H2,1-2H3,(H,28,29). The molecule has 3 aromatic rings. The molecule has 9 heteroatoms. The van der Waals surface area contributed by atoms with Gasteiger partial charge in [0.25, 0.3) is 5.69 Å². The van der Waals surface area contributed by atoms with Crippen LogP contribution >= 0.6 is 0 Å². The summed E-state index contributed by atoms with van der Waals surface area (Å²) in [6.45, 7) is 4.36. The van der Waals surface area contributed by atoms with E-state index in [1.807, 2.05) is 42.8 Å². The van der Waals surface area contributed by atoms with E-state index in [0.29, 0.717) is 42.9 Å². The lowest BCUT2D eigenvalue weighted by atomic mass is 10.0. The summed E-state index contributed by atoms with van der Waals surface area (Å²) in [4.78, 5) is 25.8. The fraction of sp³-hybridized carbons (Fsp3) is 0.348. The number of carboxylic acid groups (broad SMARTS) is 1. The fourth-order valence-corrected chi connectivity index (χ4v) is 4.27. The zero-order chi connectivity index (χ0) is 22.8. The van der Waals surface area contributed by atoms with Crippen LogP contribution < -0.4 is 10.2 Å². The maximum Gasteiger partial charge on any atom is 0.326 e. The van der Waals surface area contributed by atoms with Gasteiger partial charge in [-0.05, 0) is 30.7 Å². The van der Waals surface area contributed by atoms with Gasteiger partial charge in [-0.15, -0.1) is 0 Å². The minimum atomic E-state index is -1.02. The molecule has 1 aliphatic rings. The Morgan fingerprint density at radius 3 is 2.56 bits per heavy atom. The first-order chi connectivity index (χ1) is 15.4. The molecule has 168 valence electrons. The van der Waals surface area contributed by atoms with E-state index in [4.69, 9.17) is 4.74 Å². The first kappa shape index (κ1) is 21.6. The van der Waals surface area contributed by atoms with Gasteiger partial charge in [0.05, 0.1) is 29.0 Å². The summed E-state index contributed by atoms with van der Waals surface area (Å²) in [5, 5.41) is 25.4. The van der Waals surface area contributed by atoms with Crippen LogP contribution in [0.1, 0.15) is 11.3 Å². The van der Waals surface area contributed by atoms with E-state index < -0.39 is 12.0 Å². The zero-order valence-corrected chi connectivity index (χ0v) is 18.1. The number of hydrogen-bond acceptors (Lipinski definition) is 6. The van der Waals surface area contributed by atoms with Crippen LogP contribution in [0, 0.1) is 17.0 Å². The summed E-state index contributed by atoms with van der Waals surface area (Å²) >= 11 is 0. The SMILES string of the molecule is Cc1c(CC(Nc2ccccc2)C(=O)O)c2c([N+](=O)[O-])cc(N3CCOCC3)cc2n1C. The van der Waals surface area contributed by atoms with Crippen LogP contribution in [0.4, 0.5) is 17.1 Å². The summed E-state index contributed by atoms with van der Waals surface area (Å²) in [6, 6.07) is 11.7. The third kappa shape index (κ3) is 4.11. The van der Waals surface area contributed by atoms with Crippen molar-refractivity contribution in [3.05, 3.63) is 63.8 Å². The molecule has 1 atom stereocenters. The Morgan fingerprint density at radius 2 is 1.94 bits per heavy atom.